The molecule has 4 atom stereocenters. The van der Waals surface area contributed by atoms with Gasteiger partial charge in [-0.3, -0.25) is 9.59 Å². The van der Waals surface area contributed by atoms with Gasteiger partial charge in [-0.2, -0.15) is 0 Å². The number of likely N-dealkylation sites (tertiary alicyclic amines) is 1. The fourth-order valence-corrected chi connectivity index (χ4v) is 5.85. The molecule has 4 aliphatic rings. The lowest BCUT2D eigenvalue weighted by atomic mass is 9.49. The number of piperidine rings is 1. The summed E-state index contributed by atoms with van der Waals surface area (Å²) in [6.07, 6.45) is 1.33. The highest BCUT2D eigenvalue weighted by atomic mass is 16.5. The molecule has 2 fully saturated rings. The first kappa shape index (κ1) is 14.5. The van der Waals surface area contributed by atoms with Crippen LogP contribution in [-0.2, 0) is 21.4 Å². The summed E-state index contributed by atoms with van der Waals surface area (Å²) in [7, 11) is 0. The number of ketones is 1. The number of aryl methyl sites for hydroxylation is 1. The Balaban J connectivity index is 1.83. The molecule has 5 nitrogen and oxygen atoms in total. The van der Waals surface area contributed by atoms with Gasteiger partial charge in [0.05, 0.1) is 17.1 Å². The molecule has 1 amide bonds. The summed E-state index contributed by atoms with van der Waals surface area (Å²) < 4.78 is 6.17. The summed E-state index contributed by atoms with van der Waals surface area (Å²) in [5.41, 5.74) is 1.41. The second-order valence-electron chi connectivity index (χ2n) is 7.79. The predicted octanol–water partition coefficient (Wildman–Crippen LogP) is 1.26. The number of hydrogen-bond acceptors (Lipinski definition) is 4. The number of hydrogen-bond donors (Lipinski definition) is 1. The molecule has 1 aromatic carbocycles. The zero-order valence-corrected chi connectivity index (χ0v) is 14.0. The van der Waals surface area contributed by atoms with Crippen LogP contribution in [0.1, 0.15) is 42.9 Å². The average Bonchev–Trinajstić information content (AvgIpc) is 2.88. The molecular weight excluding hydrogens is 306 g/mol. The van der Waals surface area contributed by atoms with E-state index in [1.807, 2.05) is 13.0 Å². The van der Waals surface area contributed by atoms with Crippen LogP contribution >= 0.6 is 0 Å². The third-order valence-corrected chi connectivity index (χ3v) is 6.88. The highest BCUT2D eigenvalue weighted by Gasteiger charge is 2.73. The number of Topliss-reactive ketones (excluding diaryl/α,β-unsaturated/α-hetero) is 1. The van der Waals surface area contributed by atoms with Gasteiger partial charge in [-0.1, -0.05) is 12.1 Å². The lowest BCUT2D eigenvalue weighted by molar-refractivity contribution is -0.191. The van der Waals surface area contributed by atoms with Crippen molar-refractivity contribution in [2.24, 2.45) is 0 Å². The van der Waals surface area contributed by atoms with Crippen LogP contribution in [0.25, 0.3) is 0 Å². The Morgan fingerprint density at radius 2 is 2.17 bits per heavy atom. The van der Waals surface area contributed by atoms with Crippen LogP contribution in [0.5, 0.6) is 5.75 Å². The van der Waals surface area contributed by atoms with Crippen LogP contribution in [0.4, 0.5) is 0 Å². The van der Waals surface area contributed by atoms with E-state index in [1.54, 1.807) is 11.8 Å². The zero-order valence-electron chi connectivity index (χ0n) is 14.0. The minimum atomic E-state index is -1.08. The van der Waals surface area contributed by atoms with Gasteiger partial charge >= 0.3 is 0 Å². The van der Waals surface area contributed by atoms with Gasteiger partial charge < -0.3 is 14.7 Å². The van der Waals surface area contributed by atoms with Gasteiger partial charge in [0.15, 0.2) is 11.9 Å². The highest BCUT2D eigenvalue weighted by molar-refractivity contribution is 5.90. The first-order chi connectivity index (χ1) is 11.4. The van der Waals surface area contributed by atoms with Crippen molar-refractivity contribution in [3.63, 3.8) is 0 Å². The molecule has 1 saturated carbocycles. The van der Waals surface area contributed by atoms with E-state index in [4.69, 9.17) is 4.74 Å². The third kappa shape index (κ3) is 1.34. The van der Waals surface area contributed by atoms with Crippen molar-refractivity contribution in [1.29, 1.82) is 0 Å². The molecule has 5 rings (SSSR count). The molecule has 1 saturated heterocycles. The average molecular weight is 327 g/mol. The molecule has 126 valence electrons. The molecule has 1 spiro atoms. The van der Waals surface area contributed by atoms with Crippen molar-refractivity contribution in [3.8, 4) is 5.75 Å². The minimum Gasteiger partial charge on any atom is -0.481 e. The number of benzene rings is 1. The molecule has 1 N–H and O–H groups in total. The summed E-state index contributed by atoms with van der Waals surface area (Å²) in [6.45, 7) is 4.13. The second-order valence-corrected chi connectivity index (χ2v) is 7.79. The van der Waals surface area contributed by atoms with E-state index in [1.165, 1.54) is 0 Å². The van der Waals surface area contributed by atoms with Gasteiger partial charge in [-0.15, -0.1) is 0 Å². The number of aliphatic hydroxyl groups is 1. The van der Waals surface area contributed by atoms with Gasteiger partial charge in [0.25, 0.3) is 0 Å². The van der Waals surface area contributed by atoms with E-state index >= 15 is 0 Å². The van der Waals surface area contributed by atoms with Crippen molar-refractivity contribution in [2.75, 3.05) is 6.54 Å². The summed E-state index contributed by atoms with van der Waals surface area (Å²) >= 11 is 0. The fraction of sp³-hybridized carbons (Fsp3) is 0.579. The van der Waals surface area contributed by atoms with Crippen LogP contribution in [-0.4, -0.2) is 46.0 Å². The van der Waals surface area contributed by atoms with E-state index in [-0.39, 0.29) is 17.7 Å². The van der Waals surface area contributed by atoms with Gasteiger partial charge in [-0.25, -0.2) is 0 Å². The van der Waals surface area contributed by atoms with Crippen molar-refractivity contribution in [3.05, 3.63) is 28.8 Å². The van der Waals surface area contributed by atoms with Crippen molar-refractivity contribution in [1.82, 2.24) is 4.90 Å². The Labute approximate surface area is 140 Å². The molecule has 24 heavy (non-hydrogen) atoms. The Morgan fingerprint density at radius 1 is 1.38 bits per heavy atom. The maximum Gasteiger partial charge on any atom is 0.219 e. The molecule has 2 heterocycles. The lowest BCUT2D eigenvalue weighted by Crippen LogP contribution is -2.77. The molecule has 2 aliphatic heterocycles. The summed E-state index contributed by atoms with van der Waals surface area (Å²) in [5.74, 6) is 0.866. The van der Waals surface area contributed by atoms with E-state index in [0.29, 0.717) is 32.2 Å². The van der Waals surface area contributed by atoms with E-state index in [2.05, 4.69) is 6.07 Å². The number of carbonyl (C=O) groups excluding carboxylic acids is 2. The Kier molecular flexibility index (Phi) is 2.53. The second kappa shape index (κ2) is 4.20. The maximum atomic E-state index is 12.7. The molecular formula is C19H21NO4. The van der Waals surface area contributed by atoms with Crippen LogP contribution in [0, 0.1) is 6.92 Å². The van der Waals surface area contributed by atoms with Crippen LogP contribution in [0.2, 0.25) is 0 Å². The molecule has 1 aromatic rings. The number of rotatable bonds is 0. The fourth-order valence-electron chi connectivity index (χ4n) is 5.85. The molecule has 5 heteroatoms. The standard InChI is InChI=1S/C19H21NO4/c1-10-3-4-12-9-14-19(23)6-5-13(22)17-18(19,15(12)16(10)24-17)7-8-20(14)11(2)21/h3-4,14,17,23H,5-9H2,1-2H3/t14-,17?,18?,19-/m0/s1. The van der Waals surface area contributed by atoms with Gasteiger partial charge in [0.1, 0.15) is 5.75 Å². The van der Waals surface area contributed by atoms with Crippen LogP contribution < -0.4 is 4.74 Å². The molecule has 0 radical (unpaired) electrons. The molecule has 2 unspecified atom stereocenters. The third-order valence-electron chi connectivity index (χ3n) is 6.88. The largest absolute Gasteiger partial charge is 0.481 e. The molecule has 0 aromatic heterocycles. The SMILES string of the molecule is CC(=O)N1CCC23c4c5ccc(C)c4OC2C(=O)CC[C@]3(O)[C@@H]1C5. The van der Waals surface area contributed by atoms with Gasteiger partial charge in [0, 0.05) is 25.5 Å². The van der Waals surface area contributed by atoms with E-state index in [0.717, 1.165) is 22.4 Å². The topological polar surface area (TPSA) is 66.8 Å². The van der Waals surface area contributed by atoms with Crippen LogP contribution in [0.3, 0.4) is 0 Å². The first-order valence-electron chi connectivity index (χ1n) is 8.72. The van der Waals surface area contributed by atoms with E-state index in [9.17, 15) is 14.7 Å². The first-order valence-corrected chi connectivity index (χ1v) is 8.72. The summed E-state index contributed by atoms with van der Waals surface area (Å²) in [4.78, 5) is 26.6. The number of nitrogens with zero attached hydrogens (tertiary/aromatic N) is 1. The summed E-state index contributed by atoms with van der Waals surface area (Å²) in [6, 6.07) is 3.83. The normalized spacial score (nSPS) is 38.6. The predicted molar refractivity (Wildman–Crippen MR) is 86.0 cm³/mol. The number of amides is 1. The highest BCUT2D eigenvalue weighted by Crippen LogP contribution is 2.63. The summed E-state index contributed by atoms with van der Waals surface area (Å²) in [5, 5.41) is 11.8. The Bertz CT molecular complexity index is 803. The zero-order chi connectivity index (χ0) is 16.9. The Morgan fingerprint density at radius 3 is 2.92 bits per heavy atom. The van der Waals surface area contributed by atoms with E-state index < -0.39 is 17.1 Å². The van der Waals surface area contributed by atoms with Crippen molar-refractivity contribution in [2.45, 2.75) is 62.7 Å². The molecule has 2 aliphatic carbocycles. The van der Waals surface area contributed by atoms with Gasteiger partial charge in [0.2, 0.25) is 5.91 Å². The monoisotopic (exact) mass is 327 g/mol. The van der Waals surface area contributed by atoms with Crippen LogP contribution in [0.15, 0.2) is 12.1 Å². The minimum absolute atomic E-state index is 0.00794. The van der Waals surface area contributed by atoms with Crippen molar-refractivity contribution >= 4 is 11.7 Å². The van der Waals surface area contributed by atoms with Crippen molar-refractivity contribution < 1.29 is 19.4 Å². The number of ether oxygens (including phenoxy) is 1. The maximum absolute atomic E-state index is 12.7. The quantitative estimate of drug-likeness (QED) is 0.779. The Hall–Kier alpha value is -1.88. The number of carbonyl (C=O) groups is 2. The molecule has 2 bridgehead atoms. The lowest BCUT2D eigenvalue weighted by Gasteiger charge is -2.62. The smallest absolute Gasteiger partial charge is 0.219 e. The van der Waals surface area contributed by atoms with Gasteiger partial charge in [-0.05, 0) is 37.3 Å².